The van der Waals surface area contributed by atoms with E-state index in [4.69, 9.17) is 0 Å². The second kappa shape index (κ2) is 4.63. The van der Waals surface area contributed by atoms with Gasteiger partial charge >= 0.3 is 0 Å². The molecule has 0 unspecified atom stereocenters. The summed E-state index contributed by atoms with van der Waals surface area (Å²) in [5.41, 5.74) is 2.56. The molecule has 4 heteroatoms. The normalized spacial score (nSPS) is 13.8. The van der Waals surface area contributed by atoms with E-state index in [9.17, 15) is 9.59 Å². The van der Waals surface area contributed by atoms with Gasteiger partial charge in [-0.05, 0) is 49.2 Å². The Hall–Kier alpha value is -1.94. The Morgan fingerprint density at radius 3 is 2.79 bits per heavy atom. The van der Waals surface area contributed by atoms with E-state index in [2.05, 4.69) is 5.32 Å². The van der Waals surface area contributed by atoms with E-state index in [0.29, 0.717) is 18.4 Å². The largest absolute Gasteiger partial charge is 0.326 e. The van der Waals surface area contributed by atoms with Gasteiger partial charge in [0, 0.05) is 22.5 Å². The first-order valence-electron chi connectivity index (χ1n) is 6.17. The summed E-state index contributed by atoms with van der Waals surface area (Å²) in [5.74, 6) is 0.0956. The SMILES string of the molecule is Cc1ccc(C(=O)c2ccc3c(c2)CCC(=O)N3)s1. The maximum Gasteiger partial charge on any atom is 0.224 e. The van der Waals surface area contributed by atoms with Crippen molar-refractivity contribution in [2.45, 2.75) is 19.8 Å². The quantitative estimate of drug-likeness (QED) is 0.853. The zero-order valence-corrected chi connectivity index (χ0v) is 11.3. The number of hydrogen-bond acceptors (Lipinski definition) is 3. The lowest BCUT2D eigenvalue weighted by Gasteiger charge is -2.17. The number of carbonyl (C=O) groups is 2. The van der Waals surface area contributed by atoms with Crippen LogP contribution in [0.25, 0.3) is 0 Å². The van der Waals surface area contributed by atoms with Gasteiger partial charge in [0.1, 0.15) is 0 Å². The van der Waals surface area contributed by atoms with Crippen molar-refractivity contribution >= 4 is 28.7 Å². The molecule has 2 aromatic rings. The van der Waals surface area contributed by atoms with Crippen molar-refractivity contribution < 1.29 is 9.59 Å². The molecule has 0 fully saturated rings. The van der Waals surface area contributed by atoms with Crippen LogP contribution in [0.5, 0.6) is 0 Å². The van der Waals surface area contributed by atoms with Crippen molar-refractivity contribution in [3.63, 3.8) is 0 Å². The van der Waals surface area contributed by atoms with Crippen molar-refractivity contribution in [1.29, 1.82) is 0 Å². The highest BCUT2D eigenvalue weighted by Crippen LogP contribution is 2.26. The summed E-state index contributed by atoms with van der Waals surface area (Å²) in [4.78, 5) is 25.5. The van der Waals surface area contributed by atoms with Crippen LogP contribution in [0.15, 0.2) is 30.3 Å². The molecule has 0 aliphatic carbocycles. The molecule has 1 aromatic carbocycles. The van der Waals surface area contributed by atoms with Gasteiger partial charge in [0.15, 0.2) is 0 Å². The van der Waals surface area contributed by atoms with Crippen LogP contribution in [0.4, 0.5) is 5.69 Å². The van der Waals surface area contributed by atoms with Gasteiger partial charge in [0.25, 0.3) is 0 Å². The molecule has 0 atom stereocenters. The molecule has 1 N–H and O–H groups in total. The van der Waals surface area contributed by atoms with Crippen LogP contribution in [-0.2, 0) is 11.2 Å². The predicted octanol–water partition coefficient (Wildman–Crippen LogP) is 3.17. The van der Waals surface area contributed by atoms with Crippen molar-refractivity contribution in [1.82, 2.24) is 0 Å². The Labute approximate surface area is 115 Å². The van der Waals surface area contributed by atoms with E-state index in [0.717, 1.165) is 21.0 Å². The third-order valence-electron chi connectivity index (χ3n) is 3.23. The fourth-order valence-corrected chi connectivity index (χ4v) is 3.05. The molecule has 0 spiro atoms. The highest BCUT2D eigenvalue weighted by Gasteiger charge is 2.17. The number of carbonyl (C=O) groups excluding carboxylic acids is 2. The zero-order chi connectivity index (χ0) is 13.4. The van der Waals surface area contributed by atoms with E-state index in [-0.39, 0.29) is 11.7 Å². The van der Waals surface area contributed by atoms with Crippen LogP contribution in [0.2, 0.25) is 0 Å². The average Bonchev–Trinajstić information content (AvgIpc) is 2.84. The molecule has 0 saturated heterocycles. The third kappa shape index (κ3) is 2.31. The molecular weight excluding hydrogens is 258 g/mol. The lowest BCUT2D eigenvalue weighted by molar-refractivity contribution is -0.116. The first kappa shape index (κ1) is 12.1. The van der Waals surface area contributed by atoms with Gasteiger partial charge in [-0.15, -0.1) is 11.3 Å². The van der Waals surface area contributed by atoms with Crippen molar-refractivity contribution in [3.8, 4) is 0 Å². The molecule has 1 aliphatic heterocycles. The Kier molecular flexibility index (Phi) is 2.95. The number of rotatable bonds is 2. The first-order valence-corrected chi connectivity index (χ1v) is 6.99. The summed E-state index contributed by atoms with van der Waals surface area (Å²) in [7, 11) is 0. The molecule has 1 aliphatic rings. The smallest absolute Gasteiger partial charge is 0.224 e. The highest BCUT2D eigenvalue weighted by molar-refractivity contribution is 7.14. The molecule has 2 heterocycles. The lowest BCUT2D eigenvalue weighted by Crippen LogP contribution is -2.19. The molecule has 3 rings (SSSR count). The maximum absolute atomic E-state index is 12.3. The van der Waals surface area contributed by atoms with Gasteiger partial charge < -0.3 is 5.32 Å². The lowest BCUT2D eigenvalue weighted by atomic mass is 9.98. The number of benzene rings is 1. The number of ketones is 1. The van der Waals surface area contributed by atoms with Gasteiger partial charge in [-0.1, -0.05) is 0 Å². The summed E-state index contributed by atoms with van der Waals surface area (Å²) in [6, 6.07) is 9.31. The van der Waals surface area contributed by atoms with Gasteiger partial charge in [-0.3, -0.25) is 9.59 Å². The number of thiophene rings is 1. The molecule has 96 valence electrons. The standard InChI is InChI=1S/C15H13NO2S/c1-9-2-6-13(19-9)15(18)11-3-5-12-10(8-11)4-7-14(17)16-12/h2-3,5-6,8H,4,7H2,1H3,(H,16,17). The molecular formula is C15H13NO2S. The third-order valence-corrected chi connectivity index (χ3v) is 4.23. The number of fused-ring (bicyclic) bond motifs is 1. The second-order valence-corrected chi connectivity index (χ2v) is 5.95. The Bertz CT molecular complexity index is 673. The Morgan fingerprint density at radius 1 is 1.21 bits per heavy atom. The second-order valence-electron chi connectivity index (χ2n) is 4.66. The molecule has 19 heavy (non-hydrogen) atoms. The van der Waals surface area contributed by atoms with E-state index in [1.54, 1.807) is 6.07 Å². The van der Waals surface area contributed by atoms with Crippen LogP contribution in [0.1, 0.15) is 32.1 Å². The van der Waals surface area contributed by atoms with E-state index in [1.807, 2.05) is 31.2 Å². The monoisotopic (exact) mass is 271 g/mol. The van der Waals surface area contributed by atoms with Crippen molar-refractivity contribution in [2.24, 2.45) is 0 Å². The summed E-state index contributed by atoms with van der Waals surface area (Å²) in [5, 5.41) is 2.82. The highest BCUT2D eigenvalue weighted by atomic mass is 32.1. The fraction of sp³-hybridized carbons (Fsp3) is 0.200. The van der Waals surface area contributed by atoms with Crippen LogP contribution < -0.4 is 5.32 Å². The van der Waals surface area contributed by atoms with Crippen LogP contribution in [-0.4, -0.2) is 11.7 Å². The van der Waals surface area contributed by atoms with E-state index in [1.165, 1.54) is 11.3 Å². The topological polar surface area (TPSA) is 46.2 Å². The zero-order valence-electron chi connectivity index (χ0n) is 10.5. The minimum atomic E-state index is 0.0421. The number of aryl methyl sites for hydroxylation is 2. The van der Waals surface area contributed by atoms with Gasteiger partial charge in [0.05, 0.1) is 4.88 Å². The van der Waals surface area contributed by atoms with Crippen molar-refractivity contribution in [3.05, 3.63) is 51.2 Å². The number of nitrogens with one attached hydrogen (secondary N) is 1. The van der Waals surface area contributed by atoms with Crippen molar-refractivity contribution in [2.75, 3.05) is 5.32 Å². The maximum atomic E-state index is 12.3. The number of hydrogen-bond donors (Lipinski definition) is 1. The Balaban J connectivity index is 1.94. The fourth-order valence-electron chi connectivity index (χ4n) is 2.22. The summed E-state index contributed by atoms with van der Waals surface area (Å²) in [6.07, 6.45) is 1.19. The minimum Gasteiger partial charge on any atom is -0.326 e. The summed E-state index contributed by atoms with van der Waals surface area (Å²) < 4.78 is 0. The van der Waals surface area contributed by atoms with Crippen LogP contribution >= 0.6 is 11.3 Å². The summed E-state index contributed by atoms with van der Waals surface area (Å²) >= 11 is 1.51. The molecule has 0 bridgehead atoms. The van der Waals surface area contributed by atoms with E-state index >= 15 is 0 Å². The molecule has 3 nitrogen and oxygen atoms in total. The van der Waals surface area contributed by atoms with Crippen LogP contribution in [0.3, 0.4) is 0 Å². The van der Waals surface area contributed by atoms with Gasteiger partial charge in [0.2, 0.25) is 11.7 Å². The van der Waals surface area contributed by atoms with Crippen LogP contribution in [0, 0.1) is 6.92 Å². The molecule has 1 amide bonds. The molecule has 0 radical (unpaired) electrons. The van der Waals surface area contributed by atoms with Gasteiger partial charge in [-0.2, -0.15) is 0 Å². The molecule has 1 aromatic heterocycles. The van der Waals surface area contributed by atoms with Gasteiger partial charge in [-0.25, -0.2) is 0 Å². The van der Waals surface area contributed by atoms with E-state index < -0.39 is 0 Å². The number of amides is 1. The number of anilines is 1. The molecule has 0 saturated carbocycles. The summed E-state index contributed by atoms with van der Waals surface area (Å²) in [6.45, 7) is 1.99. The predicted molar refractivity (Wildman–Crippen MR) is 75.9 cm³/mol. The first-order chi connectivity index (χ1) is 9.13. The minimum absolute atomic E-state index is 0.0421. The average molecular weight is 271 g/mol. The Morgan fingerprint density at radius 2 is 2.05 bits per heavy atom.